The summed E-state index contributed by atoms with van der Waals surface area (Å²) in [5.41, 5.74) is 3.50. The van der Waals surface area contributed by atoms with Gasteiger partial charge in [-0.3, -0.25) is 0 Å². The van der Waals surface area contributed by atoms with Gasteiger partial charge in [-0.1, -0.05) is 12.1 Å². The maximum Gasteiger partial charge on any atom is 0.344 e. The number of ether oxygens (including phenoxy) is 1. The topological polar surface area (TPSA) is 59.4 Å². The summed E-state index contributed by atoms with van der Waals surface area (Å²) in [4.78, 5) is 15.4. The van der Waals surface area contributed by atoms with Gasteiger partial charge in [-0.2, -0.15) is 0 Å². The van der Waals surface area contributed by atoms with Gasteiger partial charge < -0.3 is 9.84 Å². The van der Waals surface area contributed by atoms with Gasteiger partial charge in [0, 0.05) is 16.8 Å². The smallest absolute Gasteiger partial charge is 0.344 e. The highest BCUT2D eigenvalue weighted by Crippen LogP contribution is 2.36. The second-order valence-electron chi connectivity index (χ2n) is 5.56. The molecule has 1 unspecified atom stereocenters. The number of carbonyl (C=O) groups is 1. The number of hydrogen-bond acceptors (Lipinski definition) is 3. The standard InChI is InChI=1S/C17H16FNO3/c1-9-3-4-11(14(18)7-9)13-8-10(2)19-16-12(13)5-6-15(22-16)17(20)21/h3-4,7-8,15H,5-6H2,1-2H3,(H,20,21). The lowest BCUT2D eigenvalue weighted by Crippen LogP contribution is -2.31. The molecule has 114 valence electrons. The van der Waals surface area contributed by atoms with Gasteiger partial charge in [0.15, 0.2) is 6.10 Å². The summed E-state index contributed by atoms with van der Waals surface area (Å²) in [5, 5.41) is 9.08. The van der Waals surface area contributed by atoms with Gasteiger partial charge in [-0.25, -0.2) is 14.2 Å². The van der Waals surface area contributed by atoms with E-state index in [1.54, 1.807) is 13.0 Å². The third-order valence-corrected chi connectivity index (χ3v) is 3.82. The minimum absolute atomic E-state index is 0.298. The van der Waals surface area contributed by atoms with Crippen LogP contribution in [-0.4, -0.2) is 22.2 Å². The average Bonchev–Trinajstić information content (AvgIpc) is 2.45. The number of aliphatic carboxylic acids is 1. The zero-order valence-electron chi connectivity index (χ0n) is 12.4. The third-order valence-electron chi connectivity index (χ3n) is 3.82. The van der Waals surface area contributed by atoms with Crippen LogP contribution >= 0.6 is 0 Å². The number of pyridine rings is 1. The number of carboxylic acid groups (broad SMARTS) is 1. The second-order valence-corrected chi connectivity index (χ2v) is 5.56. The number of benzene rings is 1. The van der Waals surface area contributed by atoms with Crippen LogP contribution in [-0.2, 0) is 11.2 Å². The maximum atomic E-state index is 14.3. The quantitative estimate of drug-likeness (QED) is 0.924. The van der Waals surface area contributed by atoms with E-state index in [0.29, 0.717) is 30.0 Å². The zero-order chi connectivity index (χ0) is 15.9. The number of rotatable bonds is 2. The van der Waals surface area contributed by atoms with E-state index in [-0.39, 0.29) is 5.82 Å². The molecule has 1 aromatic carbocycles. The lowest BCUT2D eigenvalue weighted by Gasteiger charge is -2.24. The van der Waals surface area contributed by atoms with Crippen molar-refractivity contribution in [3.63, 3.8) is 0 Å². The highest BCUT2D eigenvalue weighted by Gasteiger charge is 2.29. The van der Waals surface area contributed by atoms with E-state index in [4.69, 9.17) is 9.84 Å². The van der Waals surface area contributed by atoms with Crippen molar-refractivity contribution < 1.29 is 19.0 Å². The molecule has 2 heterocycles. The summed E-state index contributed by atoms with van der Waals surface area (Å²) in [5.74, 6) is -1.00. The predicted molar refractivity (Wildman–Crippen MR) is 79.5 cm³/mol. The van der Waals surface area contributed by atoms with Crippen molar-refractivity contribution in [1.29, 1.82) is 0 Å². The number of fused-ring (bicyclic) bond motifs is 1. The van der Waals surface area contributed by atoms with E-state index < -0.39 is 12.1 Å². The Kier molecular flexibility index (Phi) is 3.56. The largest absolute Gasteiger partial charge is 0.479 e. The number of aromatic nitrogens is 1. The molecule has 0 saturated heterocycles. The number of hydrogen-bond donors (Lipinski definition) is 1. The van der Waals surface area contributed by atoms with Crippen LogP contribution in [0, 0.1) is 19.7 Å². The summed E-state index contributed by atoms with van der Waals surface area (Å²) >= 11 is 0. The molecule has 1 aliphatic rings. The molecule has 3 rings (SSSR count). The van der Waals surface area contributed by atoms with Crippen LogP contribution in [0.4, 0.5) is 4.39 Å². The number of halogens is 1. The second kappa shape index (κ2) is 5.40. The zero-order valence-corrected chi connectivity index (χ0v) is 12.4. The lowest BCUT2D eigenvalue weighted by molar-refractivity contribution is -0.146. The van der Waals surface area contributed by atoms with E-state index in [2.05, 4.69) is 4.98 Å². The first kappa shape index (κ1) is 14.5. The van der Waals surface area contributed by atoms with Crippen molar-refractivity contribution in [3.05, 3.63) is 46.9 Å². The average molecular weight is 301 g/mol. The molecule has 0 saturated carbocycles. The molecule has 1 aliphatic heterocycles. The normalized spacial score (nSPS) is 16.8. The Morgan fingerprint density at radius 1 is 1.32 bits per heavy atom. The first-order valence-corrected chi connectivity index (χ1v) is 7.12. The molecular weight excluding hydrogens is 285 g/mol. The van der Waals surface area contributed by atoms with Crippen LogP contribution in [0.25, 0.3) is 11.1 Å². The van der Waals surface area contributed by atoms with Gasteiger partial charge in [0.1, 0.15) is 5.82 Å². The molecule has 1 atom stereocenters. The van der Waals surface area contributed by atoms with E-state index in [1.807, 2.05) is 19.1 Å². The van der Waals surface area contributed by atoms with Gasteiger partial charge in [0.25, 0.3) is 0 Å². The SMILES string of the molecule is Cc1ccc(-c2cc(C)nc3c2CCC(C(=O)O)O3)c(F)c1. The number of nitrogens with zero attached hydrogens (tertiary/aromatic N) is 1. The van der Waals surface area contributed by atoms with Gasteiger partial charge in [-0.05, 0) is 49.9 Å². The predicted octanol–water partition coefficient (Wildman–Crippen LogP) is 3.28. The van der Waals surface area contributed by atoms with Crippen LogP contribution in [0.5, 0.6) is 5.88 Å². The molecule has 0 fully saturated rings. The molecule has 0 radical (unpaired) electrons. The molecule has 0 aliphatic carbocycles. The molecule has 0 amide bonds. The first-order chi connectivity index (χ1) is 10.5. The van der Waals surface area contributed by atoms with Crippen molar-refractivity contribution >= 4 is 5.97 Å². The highest BCUT2D eigenvalue weighted by molar-refractivity contribution is 5.75. The van der Waals surface area contributed by atoms with Gasteiger partial charge in [0.2, 0.25) is 5.88 Å². The van der Waals surface area contributed by atoms with Crippen LogP contribution in [0.15, 0.2) is 24.3 Å². The molecule has 22 heavy (non-hydrogen) atoms. The maximum absolute atomic E-state index is 14.3. The van der Waals surface area contributed by atoms with Crippen molar-refractivity contribution in [3.8, 4) is 17.0 Å². The Hall–Kier alpha value is -2.43. The van der Waals surface area contributed by atoms with Gasteiger partial charge in [0.05, 0.1) is 0 Å². The minimum Gasteiger partial charge on any atom is -0.479 e. The van der Waals surface area contributed by atoms with E-state index >= 15 is 0 Å². The van der Waals surface area contributed by atoms with Crippen LogP contribution < -0.4 is 4.74 Å². The number of aryl methyl sites for hydroxylation is 2. The Bertz CT molecular complexity index is 758. The monoisotopic (exact) mass is 301 g/mol. The fourth-order valence-electron chi connectivity index (χ4n) is 2.73. The summed E-state index contributed by atoms with van der Waals surface area (Å²) in [7, 11) is 0. The Morgan fingerprint density at radius 3 is 2.77 bits per heavy atom. The van der Waals surface area contributed by atoms with E-state index in [1.165, 1.54) is 6.07 Å². The first-order valence-electron chi connectivity index (χ1n) is 7.12. The Labute approximate surface area is 127 Å². The minimum atomic E-state index is -1.00. The summed E-state index contributed by atoms with van der Waals surface area (Å²) < 4.78 is 19.8. The van der Waals surface area contributed by atoms with Crippen LogP contribution in [0.1, 0.15) is 23.2 Å². The van der Waals surface area contributed by atoms with Crippen molar-refractivity contribution in [2.24, 2.45) is 0 Å². The van der Waals surface area contributed by atoms with E-state index in [0.717, 1.165) is 16.7 Å². The molecule has 0 spiro atoms. The van der Waals surface area contributed by atoms with Crippen molar-refractivity contribution in [1.82, 2.24) is 4.98 Å². The number of carboxylic acids is 1. The molecule has 1 N–H and O–H groups in total. The van der Waals surface area contributed by atoms with Crippen LogP contribution in [0.3, 0.4) is 0 Å². The molecule has 4 nitrogen and oxygen atoms in total. The fourth-order valence-corrected chi connectivity index (χ4v) is 2.73. The summed E-state index contributed by atoms with van der Waals surface area (Å²) in [6.45, 7) is 3.62. The van der Waals surface area contributed by atoms with Crippen molar-refractivity contribution in [2.45, 2.75) is 32.8 Å². The molecule has 5 heteroatoms. The lowest BCUT2D eigenvalue weighted by atomic mass is 9.93. The molecule has 2 aromatic rings. The summed E-state index contributed by atoms with van der Waals surface area (Å²) in [6, 6.07) is 6.89. The van der Waals surface area contributed by atoms with Crippen molar-refractivity contribution in [2.75, 3.05) is 0 Å². The molecular formula is C17H16FNO3. The fraction of sp³-hybridized carbons (Fsp3) is 0.294. The van der Waals surface area contributed by atoms with Gasteiger partial charge >= 0.3 is 5.97 Å². The molecule has 0 bridgehead atoms. The van der Waals surface area contributed by atoms with E-state index in [9.17, 15) is 9.18 Å². The summed E-state index contributed by atoms with van der Waals surface area (Å²) in [6.07, 6.45) is -0.0343. The van der Waals surface area contributed by atoms with Crippen LogP contribution in [0.2, 0.25) is 0 Å². The highest BCUT2D eigenvalue weighted by atomic mass is 19.1. The molecule has 1 aromatic heterocycles. The Balaban J connectivity index is 2.12. The third kappa shape index (κ3) is 2.54. The van der Waals surface area contributed by atoms with Gasteiger partial charge in [-0.15, -0.1) is 0 Å². The Morgan fingerprint density at radius 2 is 2.09 bits per heavy atom.